The van der Waals surface area contributed by atoms with E-state index in [0.717, 1.165) is 25.0 Å². The van der Waals surface area contributed by atoms with E-state index in [1.165, 1.54) is 21.1 Å². The lowest BCUT2D eigenvalue weighted by Crippen LogP contribution is -2.31. The Morgan fingerprint density at radius 2 is 2.23 bits per heavy atom. The van der Waals surface area contributed by atoms with Crippen LogP contribution in [0.15, 0.2) is 23.8 Å². The van der Waals surface area contributed by atoms with Crippen molar-refractivity contribution in [3.05, 3.63) is 34.4 Å². The quantitative estimate of drug-likeness (QED) is 0.667. The van der Waals surface area contributed by atoms with Gasteiger partial charge < -0.3 is 5.73 Å². The van der Waals surface area contributed by atoms with Crippen molar-refractivity contribution >= 4 is 28.3 Å². The van der Waals surface area contributed by atoms with Crippen molar-refractivity contribution in [3.63, 3.8) is 0 Å². The summed E-state index contributed by atoms with van der Waals surface area (Å²) in [4.78, 5) is 31.3. The molecule has 5 nitrogen and oxygen atoms in total. The van der Waals surface area contributed by atoms with E-state index in [-0.39, 0.29) is 17.7 Å². The SMILES string of the molecule is Cc1nc(N)sc1CCCCN1C(=O)C2=CC=CCC2C1=O. The normalized spacial score (nSPS) is 20.5. The molecule has 22 heavy (non-hydrogen) atoms. The monoisotopic (exact) mass is 317 g/mol. The van der Waals surface area contributed by atoms with Crippen LogP contribution in [0.3, 0.4) is 0 Å². The van der Waals surface area contributed by atoms with Gasteiger partial charge in [-0.05, 0) is 32.6 Å². The molecule has 1 fully saturated rings. The van der Waals surface area contributed by atoms with Gasteiger partial charge in [0.1, 0.15) is 0 Å². The van der Waals surface area contributed by atoms with E-state index in [4.69, 9.17) is 5.73 Å². The fourth-order valence-electron chi connectivity index (χ4n) is 2.98. The van der Waals surface area contributed by atoms with E-state index in [1.54, 1.807) is 6.08 Å². The van der Waals surface area contributed by atoms with Crippen molar-refractivity contribution in [2.24, 2.45) is 5.92 Å². The molecular formula is C16H19N3O2S. The largest absolute Gasteiger partial charge is 0.375 e. The first-order chi connectivity index (χ1) is 10.6. The number of rotatable bonds is 5. The summed E-state index contributed by atoms with van der Waals surface area (Å²) >= 11 is 1.52. The standard InChI is InChI=1S/C16H19N3O2S/c1-10-13(22-16(17)18-10)8-4-5-9-19-14(20)11-6-2-3-7-12(11)15(19)21/h2-3,6,12H,4-5,7-9H2,1H3,(H2,17,18). The summed E-state index contributed by atoms with van der Waals surface area (Å²) in [6.07, 6.45) is 8.84. The van der Waals surface area contributed by atoms with Gasteiger partial charge in [-0.25, -0.2) is 4.98 Å². The molecule has 0 bridgehead atoms. The van der Waals surface area contributed by atoms with Gasteiger partial charge in [-0.1, -0.05) is 18.2 Å². The average molecular weight is 317 g/mol. The number of unbranched alkanes of at least 4 members (excludes halogenated alkanes) is 1. The van der Waals surface area contributed by atoms with Gasteiger partial charge in [0, 0.05) is 17.0 Å². The molecule has 1 unspecified atom stereocenters. The highest BCUT2D eigenvalue weighted by Gasteiger charge is 2.42. The van der Waals surface area contributed by atoms with Crippen LogP contribution in [0.2, 0.25) is 0 Å². The predicted molar refractivity (Wildman–Crippen MR) is 86.3 cm³/mol. The summed E-state index contributed by atoms with van der Waals surface area (Å²) in [5.74, 6) is -0.405. The van der Waals surface area contributed by atoms with Crippen LogP contribution in [0.25, 0.3) is 0 Å². The Kier molecular flexibility index (Phi) is 4.11. The minimum absolute atomic E-state index is 0.0428. The van der Waals surface area contributed by atoms with Gasteiger partial charge in [0.05, 0.1) is 11.6 Å². The van der Waals surface area contributed by atoms with Gasteiger partial charge in [0.15, 0.2) is 5.13 Å². The number of aromatic nitrogens is 1. The molecule has 2 N–H and O–H groups in total. The van der Waals surface area contributed by atoms with Gasteiger partial charge in [-0.15, -0.1) is 11.3 Å². The highest BCUT2D eigenvalue weighted by atomic mass is 32.1. The van der Waals surface area contributed by atoms with E-state index in [2.05, 4.69) is 4.98 Å². The third-order valence-corrected chi connectivity index (χ3v) is 5.21. The van der Waals surface area contributed by atoms with Crippen LogP contribution < -0.4 is 5.73 Å². The van der Waals surface area contributed by atoms with Crippen LogP contribution in [0.1, 0.15) is 29.8 Å². The van der Waals surface area contributed by atoms with Crippen molar-refractivity contribution in [2.45, 2.75) is 32.6 Å². The molecule has 1 aliphatic carbocycles. The van der Waals surface area contributed by atoms with Gasteiger partial charge in [0.2, 0.25) is 5.91 Å². The number of nitrogen functional groups attached to an aromatic ring is 1. The molecule has 1 aromatic rings. The van der Waals surface area contributed by atoms with Crippen molar-refractivity contribution in [1.29, 1.82) is 0 Å². The van der Waals surface area contributed by atoms with Gasteiger partial charge in [-0.2, -0.15) is 0 Å². The second-order valence-corrected chi connectivity index (χ2v) is 6.77. The Labute approximate surface area is 133 Å². The van der Waals surface area contributed by atoms with Crippen molar-refractivity contribution in [1.82, 2.24) is 9.88 Å². The summed E-state index contributed by atoms with van der Waals surface area (Å²) in [6, 6.07) is 0. The van der Waals surface area contributed by atoms with Crippen LogP contribution in [0.4, 0.5) is 5.13 Å². The summed E-state index contributed by atoms with van der Waals surface area (Å²) in [5, 5.41) is 0.598. The fraction of sp³-hybridized carbons (Fsp3) is 0.438. The summed E-state index contributed by atoms with van der Waals surface area (Å²) in [6.45, 7) is 2.46. The first-order valence-corrected chi connectivity index (χ1v) is 8.34. The van der Waals surface area contributed by atoms with E-state index in [0.29, 0.717) is 23.7 Å². The summed E-state index contributed by atoms with van der Waals surface area (Å²) in [5.41, 5.74) is 7.32. The Hall–Kier alpha value is -1.95. The molecule has 1 saturated heterocycles. The number of nitrogens with zero attached hydrogens (tertiary/aromatic N) is 2. The lowest BCUT2D eigenvalue weighted by molar-refractivity contribution is -0.139. The lowest BCUT2D eigenvalue weighted by atomic mass is 9.94. The molecule has 116 valence electrons. The number of fused-ring (bicyclic) bond motifs is 1. The topological polar surface area (TPSA) is 76.3 Å². The van der Waals surface area contributed by atoms with Crippen molar-refractivity contribution in [3.8, 4) is 0 Å². The number of nitrogens with two attached hydrogens (primary N) is 1. The maximum Gasteiger partial charge on any atom is 0.257 e. The zero-order valence-electron chi connectivity index (χ0n) is 12.5. The number of imide groups is 1. The summed E-state index contributed by atoms with van der Waals surface area (Å²) < 4.78 is 0. The van der Waals surface area contributed by atoms with Gasteiger partial charge in [-0.3, -0.25) is 14.5 Å². The maximum absolute atomic E-state index is 12.3. The smallest absolute Gasteiger partial charge is 0.257 e. The first kappa shape index (κ1) is 15.0. The minimum Gasteiger partial charge on any atom is -0.375 e. The molecule has 2 amide bonds. The molecule has 0 aromatic carbocycles. The number of thiazole rings is 1. The zero-order valence-corrected chi connectivity index (χ0v) is 13.4. The third kappa shape index (κ3) is 2.70. The zero-order chi connectivity index (χ0) is 15.7. The van der Waals surface area contributed by atoms with Crippen molar-refractivity contribution in [2.75, 3.05) is 12.3 Å². The molecule has 1 aromatic heterocycles. The first-order valence-electron chi connectivity index (χ1n) is 7.52. The van der Waals surface area contributed by atoms with Gasteiger partial charge >= 0.3 is 0 Å². The Balaban J connectivity index is 1.53. The van der Waals surface area contributed by atoms with Crippen molar-refractivity contribution < 1.29 is 9.59 Å². The molecular weight excluding hydrogens is 298 g/mol. The Morgan fingerprint density at radius 3 is 2.91 bits per heavy atom. The van der Waals surface area contributed by atoms with Crippen LogP contribution in [-0.4, -0.2) is 28.2 Å². The fourth-order valence-corrected chi connectivity index (χ4v) is 3.85. The minimum atomic E-state index is -0.249. The second kappa shape index (κ2) is 6.04. The summed E-state index contributed by atoms with van der Waals surface area (Å²) in [7, 11) is 0. The molecule has 0 spiro atoms. The number of carbonyl (C=O) groups is 2. The van der Waals surface area contributed by atoms with E-state index >= 15 is 0 Å². The number of allylic oxidation sites excluding steroid dienone is 3. The average Bonchev–Trinajstić information content (AvgIpc) is 2.95. The van der Waals surface area contributed by atoms with Crippen LogP contribution in [-0.2, 0) is 16.0 Å². The molecule has 0 radical (unpaired) electrons. The van der Waals surface area contributed by atoms with E-state index in [9.17, 15) is 9.59 Å². The molecule has 2 aliphatic rings. The molecule has 2 heterocycles. The lowest BCUT2D eigenvalue weighted by Gasteiger charge is -2.13. The maximum atomic E-state index is 12.3. The number of aryl methyl sites for hydroxylation is 2. The second-order valence-electron chi connectivity index (χ2n) is 5.65. The number of amides is 2. The van der Waals surface area contributed by atoms with Crippen LogP contribution >= 0.6 is 11.3 Å². The molecule has 6 heteroatoms. The highest BCUT2D eigenvalue weighted by molar-refractivity contribution is 7.15. The number of hydrogen-bond donors (Lipinski definition) is 1. The number of carbonyl (C=O) groups excluding carboxylic acids is 2. The molecule has 1 aliphatic heterocycles. The van der Waals surface area contributed by atoms with E-state index in [1.807, 2.05) is 19.1 Å². The highest BCUT2D eigenvalue weighted by Crippen LogP contribution is 2.31. The van der Waals surface area contributed by atoms with Gasteiger partial charge in [0.25, 0.3) is 5.91 Å². The van der Waals surface area contributed by atoms with Crippen LogP contribution in [0, 0.1) is 12.8 Å². The molecule has 3 rings (SSSR count). The predicted octanol–water partition coefficient (Wildman–Crippen LogP) is 2.23. The Bertz CT molecular complexity index is 675. The Morgan fingerprint density at radius 1 is 1.41 bits per heavy atom. The number of likely N-dealkylation sites (tertiary alicyclic amines) is 1. The van der Waals surface area contributed by atoms with Crippen LogP contribution in [0.5, 0.6) is 0 Å². The number of hydrogen-bond acceptors (Lipinski definition) is 5. The number of anilines is 1. The molecule has 1 atom stereocenters. The molecule has 0 saturated carbocycles. The van der Waals surface area contributed by atoms with E-state index < -0.39 is 0 Å². The third-order valence-electron chi connectivity index (χ3n) is 4.16.